The maximum absolute atomic E-state index is 14.2. The largest absolute Gasteiger partial charge is 0.497 e. The lowest BCUT2D eigenvalue weighted by atomic mass is 9.82. The Morgan fingerprint density at radius 3 is 2.53 bits per heavy atom. The fraction of sp³-hybridized carbons (Fsp3) is 0.447. The molecule has 2 saturated heterocycles. The van der Waals surface area contributed by atoms with Gasteiger partial charge < -0.3 is 35.4 Å². The Bertz CT molecular complexity index is 1660. The first kappa shape index (κ1) is 34.8. The van der Waals surface area contributed by atoms with Crippen LogP contribution < -0.4 is 25.9 Å². The number of rotatable bonds is 11. The standard InChI is InChI=1S/C38H48N4O6Si/c1-25-35(49(3,4)30-15-13-29(47-2)14-16-30)33(22-34(44)42(19-20-43)24-26-9-6-5-7-10-26)48-38(25)31-21-28(12-17-32(31)41-37(38)46)40-36(45)27-11-8-18-39-23-27/h5-7,9-10,12-17,21,25,27,33,35,39,43H,8,11,18-20,22-24H2,1-4H3,(H,40,45)(H,41,46)/t25-,27?,33+,35-,38+/m0/s1. The monoisotopic (exact) mass is 684 g/mol. The number of aliphatic hydroxyl groups excluding tert-OH is 1. The first-order valence-electron chi connectivity index (χ1n) is 17.3. The maximum Gasteiger partial charge on any atom is 0.261 e. The minimum absolute atomic E-state index is 0.0457. The van der Waals surface area contributed by atoms with Crippen molar-refractivity contribution in [1.29, 1.82) is 0 Å². The summed E-state index contributed by atoms with van der Waals surface area (Å²) < 4.78 is 12.5. The molecule has 0 saturated carbocycles. The lowest BCUT2D eigenvalue weighted by Crippen LogP contribution is -2.52. The molecule has 3 aromatic rings. The maximum atomic E-state index is 14.2. The van der Waals surface area contributed by atoms with Gasteiger partial charge in [0.1, 0.15) is 5.75 Å². The molecular weight excluding hydrogens is 637 g/mol. The van der Waals surface area contributed by atoms with Crippen molar-refractivity contribution < 1.29 is 29.0 Å². The number of aliphatic hydroxyl groups is 1. The zero-order valence-electron chi connectivity index (χ0n) is 28.8. The molecular formula is C38H48N4O6Si. The number of anilines is 2. The van der Waals surface area contributed by atoms with Crippen molar-refractivity contribution in [1.82, 2.24) is 10.2 Å². The molecule has 49 heavy (non-hydrogen) atoms. The van der Waals surface area contributed by atoms with E-state index in [0.29, 0.717) is 30.0 Å². The van der Waals surface area contributed by atoms with Crippen LogP contribution in [0.1, 0.15) is 37.3 Å². The van der Waals surface area contributed by atoms with E-state index in [9.17, 15) is 19.5 Å². The molecule has 5 atom stereocenters. The van der Waals surface area contributed by atoms with E-state index < -0.39 is 19.8 Å². The number of benzene rings is 3. The molecule has 2 fully saturated rings. The van der Waals surface area contributed by atoms with Gasteiger partial charge in [-0.05, 0) is 60.8 Å². The van der Waals surface area contributed by atoms with Crippen LogP contribution in [-0.2, 0) is 31.3 Å². The number of fused-ring (bicyclic) bond motifs is 2. The van der Waals surface area contributed by atoms with Gasteiger partial charge in [0.15, 0.2) is 5.60 Å². The van der Waals surface area contributed by atoms with Crippen LogP contribution in [0.2, 0.25) is 18.6 Å². The number of hydrogen-bond acceptors (Lipinski definition) is 7. The molecule has 3 aromatic carbocycles. The summed E-state index contributed by atoms with van der Waals surface area (Å²) >= 11 is 0. The fourth-order valence-corrected chi connectivity index (χ4v) is 12.3. The zero-order chi connectivity index (χ0) is 34.8. The van der Waals surface area contributed by atoms with Gasteiger partial charge in [-0.3, -0.25) is 14.4 Å². The van der Waals surface area contributed by atoms with Gasteiger partial charge in [0.25, 0.3) is 5.91 Å². The second-order valence-electron chi connectivity index (χ2n) is 14.1. The van der Waals surface area contributed by atoms with Crippen LogP contribution in [0.15, 0.2) is 72.8 Å². The van der Waals surface area contributed by atoms with Crippen LogP contribution in [0.4, 0.5) is 11.4 Å². The molecule has 260 valence electrons. The summed E-state index contributed by atoms with van der Waals surface area (Å²) in [5.41, 5.74) is 1.42. The van der Waals surface area contributed by atoms with Crippen LogP contribution in [0.5, 0.6) is 5.75 Å². The molecule has 11 heteroatoms. The van der Waals surface area contributed by atoms with Crippen molar-refractivity contribution in [3.05, 3.63) is 83.9 Å². The van der Waals surface area contributed by atoms with Crippen LogP contribution >= 0.6 is 0 Å². The van der Waals surface area contributed by atoms with Crippen LogP contribution in [0, 0.1) is 11.8 Å². The molecule has 0 aliphatic carbocycles. The van der Waals surface area contributed by atoms with Crippen molar-refractivity contribution in [3.63, 3.8) is 0 Å². The van der Waals surface area contributed by atoms with E-state index in [-0.39, 0.29) is 54.7 Å². The molecule has 1 unspecified atom stereocenters. The number of hydrogen-bond donors (Lipinski definition) is 4. The second kappa shape index (κ2) is 14.4. The summed E-state index contributed by atoms with van der Waals surface area (Å²) in [5, 5.41) is 20.5. The third kappa shape index (κ3) is 6.77. The Hall–Kier alpha value is -4.03. The number of methoxy groups -OCH3 is 1. The average molecular weight is 685 g/mol. The molecule has 0 aromatic heterocycles. The highest BCUT2D eigenvalue weighted by Crippen LogP contribution is 2.59. The first-order chi connectivity index (χ1) is 23.6. The van der Waals surface area contributed by atoms with Gasteiger partial charge in [0.05, 0.1) is 40.2 Å². The van der Waals surface area contributed by atoms with Gasteiger partial charge >= 0.3 is 0 Å². The zero-order valence-corrected chi connectivity index (χ0v) is 29.8. The Balaban J connectivity index is 1.36. The molecule has 10 nitrogen and oxygen atoms in total. The number of piperidine rings is 1. The van der Waals surface area contributed by atoms with E-state index in [1.54, 1.807) is 12.0 Å². The van der Waals surface area contributed by atoms with Gasteiger partial charge in [0.2, 0.25) is 11.8 Å². The quantitative estimate of drug-likeness (QED) is 0.223. The van der Waals surface area contributed by atoms with E-state index >= 15 is 0 Å². The number of carbonyl (C=O) groups is 3. The predicted molar refractivity (Wildman–Crippen MR) is 192 cm³/mol. The van der Waals surface area contributed by atoms with Gasteiger partial charge in [0, 0.05) is 42.5 Å². The highest BCUT2D eigenvalue weighted by molar-refractivity contribution is 6.91. The Labute approximate surface area is 289 Å². The topological polar surface area (TPSA) is 129 Å². The van der Waals surface area contributed by atoms with Crippen molar-refractivity contribution in [3.8, 4) is 5.75 Å². The third-order valence-electron chi connectivity index (χ3n) is 10.8. The average Bonchev–Trinajstić information content (AvgIpc) is 3.57. The summed E-state index contributed by atoms with van der Waals surface area (Å²) in [4.78, 5) is 43.2. The SMILES string of the molecule is COc1ccc([Si](C)(C)[C@@H]2[C@@H](CC(=O)N(CCO)Cc3ccccc3)O[C@]3(C(=O)Nc4ccc(NC(=O)C5CCCNC5)cc43)[C@H]2C)cc1. The molecule has 6 rings (SSSR count). The Morgan fingerprint density at radius 1 is 1.10 bits per heavy atom. The molecule has 0 bridgehead atoms. The number of amides is 3. The Kier molecular flexibility index (Phi) is 10.3. The summed E-state index contributed by atoms with van der Waals surface area (Å²) in [6, 6.07) is 23.3. The third-order valence-corrected chi connectivity index (χ3v) is 15.2. The first-order valence-corrected chi connectivity index (χ1v) is 20.4. The number of carbonyl (C=O) groups excluding carboxylic acids is 3. The van der Waals surface area contributed by atoms with Crippen LogP contribution in [0.3, 0.4) is 0 Å². The van der Waals surface area contributed by atoms with Gasteiger partial charge in [-0.2, -0.15) is 0 Å². The minimum Gasteiger partial charge on any atom is -0.497 e. The van der Waals surface area contributed by atoms with Crippen molar-refractivity contribution in [2.24, 2.45) is 11.8 Å². The van der Waals surface area contributed by atoms with Gasteiger partial charge in [-0.25, -0.2) is 0 Å². The molecule has 3 aliphatic heterocycles. The number of nitrogens with zero attached hydrogens (tertiary/aromatic N) is 1. The van der Waals surface area contributed by atoms with Gasteiger partial charge in [-0.15, -0.1) is 0 Å². The normalized spacial score (nSPS) is 24.7. The van der Waals surface area contributed by atoms with E-state index in [1.807, 2.05) is 60.7 Å². The predicted octanol–water partition coefficient (Wildman–Crippen LogP) is 4.21. The van der Waals surface area contributed by atoms with Gasteiger partial charge in [-0.1, -0.05) is 67.7 Å². The molecule has 1 spiro atoms. The summed E-state index contributed by atoms with van der Waals surface area (Å²) in [6.45, 7) is 8.55. The van der Waals surface area contributed by atoms with Crippen molar-refractivity contribution >= 4 is 42.4 Å². The van der Waals surface area contributed by atoms with E-state index in [1.165, 1.54) is 5.19 Å². The molecule has 4 N–H and O–H groups in total. The summed E-state index contributed by atoms with van der Waals surface area (Å²) in [7, 11) is -0.825. The Morgan fingerprint density at radius 2 is 1.86 bits per heavy atom. The van der Waals surface area contributed by atoms with Crippen molar-refractivity contribution in [2.75, 3.05) is 44.0 Å². The van der Waals surface area contributed by atoms with Crippen molar-refractivity contribution in [2.45, 2.75) is 63.1 Å². The number of ether oxygens (including phenoxy) is 2. The fourth-order valence-electron chi connectivity index (χ4n) is 8.25. The molecule has 3 aliphatic rings. The lowest BCUT2D eigenvalue weighted by Gasteiger charge is -2.37. The molecule has 3 amide bonds. The van der Waals surface area contributed by atoms with Crippen LogP contribution in [0.25, 0.3) is 0 Å². The van der Waals surface area contributed by atoms with E-state index in [2.05, 4.69) is 48.1 Å². The lowest BCUT2D eigenvalue weighted by molar-refractivity contribution is -0.148. The molecule has 3 heterocycles. The highest BCUT2D eigenvalue weighted by atomic mass is 28.3. The highest BCUT2D eigenvalue weighted by Gasteiger charge is 2.65. The number of nitrogens with one attached hydrogen (secondary N) is 3. The summed E-state index contributed by atoms with van der Waals surface area (Å²) in [6.07, 6.45) is 1.26. The van der Waals surface area contributed by atoms with E-state index in [0.717, 1.165) is 30.7 Å². The molecule has 0 radical (unpaired) electrons. The second-order valence-corrected chi connectivity index (χ2v) is 18.8. The summed E-state index contributed by atoms with van der Waals surface area (Å²) in [5.74, 6) is -0.106. The smallest absolute Gasteiger partial charge is 0.261 e. The van der Waals surface area contributed by atoms with Crippen LogP contribution in [-0.4, -0.2) is 75.3 Å². The van der Waals surface area contributed by atoms with E-state index in [4.69, 9.17) is 9.47 Å². The minimum atomic E-state index is -2.47.